The predicted octanol–water partition coefficient (Wildman–Crippen LogP) is 7.30. The number of aromatic hydroxyl groups is 1. The van der Waals surface area contributed by atoms with Crippen molar-refractivity contribution in [2.24, 2.45) is 0 Å². The van der Waals surface area contributed by atoms with Crippen molar-refractivity contribution in [3.05, 3.63) is 108 Å². The maximum atomic E-state index is 9.68. The highest BCUT2D eigenvalue weighted by Crippen LogP contribution is 2.27. The molecule has 0 saturated carbocycles. The van der Waals surface area contributed by atoms with Crippen molar-refractivity contribution in [1.82, 2.24) is 4.57 Å². The van der Waals surface area contributed by atoms with E-state index in [1.165, 1.54) is 22.0 Å². The molecule has 3 nitrogen and oxygen atoms in total. The Bertz CT molecular complexity index is 1220. The number of ether oxygens (including phenoxy) is 1. The Labute approximate surface area is 189 Å². The van der Waals surface area contributed by atoms with Gasteiger partial charge in [0.2, 0.25) is 0 Å². The first-order valence-corrected chi connectivity index (χ1v) is 11.1. The molecule has 1 aromatic heterocycles. The molecule has 0 unspecified atom stereocenters. The third-order valence-corrected chi connectivity index (χ3v) is 5.57. The number of para-hydroxylation sites is 1. The van der Waals surface area contributed by atoms with E-state index in [0.29, 0.717) is 5.75 Å². The Balaban J connectivity index is 1.35. The van der Waals surface area contributed by atoms with Crippen LogP contribution in [-0.2, 0) is 6.54 Å². The molecular formula is C29H29NO2. The normalized spacial score (nSPS) is 11.7. The number of hydrogen-bond acceptors (Lipinski definition) is 2. The molecule has 1 heterocycles. The van der Waals surface area contributed by atoms with Gasteiger partial charge in [-0.3, -0.25) is 0 Å². The quantitative estimate of drug-likeness (QED) is 0.287. The predicted molar refractivity (Wildman–Crippen MR) is 134 cm³/mol. The number of unbranched alkanes of at least 4 members (excludes halogenated alkanes) is 2. The molecule has 0 aliphatic carbocycles. The van der Waals surface area contributed by atoms with Crippen LogP contribution in [0.2, 0.25) is 0 Å². The first-order valence-electron chi connectivity index (χ1n) is 11.1. The second-order valence-electron chi connectivity index (χ2n) is 7.88. The standard InChI is InChI=1S/C29H29NO2/c1-32-29-20-23(18-19-28(29)31)12-6-3-2-4-9-15-25-22-30(21-24-13-7-5-8-14-24)27-17-11-10-16-26(25)27/h5-20,22,31H,2-4,21H2,1H3/b12-6+,15-9+. The van der Waals surface area contributed by atoms with Crippen LogP contribution in [0.5, 0.6) is 11.5 Å². The van der Waals surface area contributed by atoms with Gasteiger partial charge in [0.25, 0.3) is 0 Å². The van der Waals surface area contributed by atoms with Gasteiger partial charge in [-0.1, -0.05) is 78.9 Å². The summed E-state index contributed by atoms with van der Waals surface area (Å²) in [6, 6.07) is 24.6. The molecule has 3 heteroatoms. The summed E-state index contributed by atoms with van der Waals surface area (Å²) in [6.07, 6.45) is 14.1. The summed E-state index contributed by atoms with van der Waals surface area (Å²) >= 11 is 0. The Morgan fingerprint density at radius 2 is 1.62 bits per heavy atom. The van der Waals surface area contributed by atoms with Crippen LogP contribution < -0.4 is 4.74 Å². The highest BCUT2D eigenvalue weighted by molar-refractivity contribution is 5.89. The number of aromatic nitrogens is 1. The summed E-state index contributed by atoms with van der Waals surface area (Å²) in [5, 5.41) is 11.0. The van der Waals surface area contributed by atoms with Crippen LogP contribution in [0.4, 0.5) is 0 Å². The minimum absolute atomic E-state index is 0.167. The number of phenols is 1. The van der Waals surface area contributed by atoms with Gasteiger partial charge in [0.05, 0.1) is 7.11 Å². The highest BCUT2D eigenvalue weighted by atomic mass is 16.5. The van der Waals surface area contributed by atoms with Crippen molar-refractivity contribution in [2.75, 3.05) is 7.11 Å². The number of nitrogens with zero attached hydrogens (tertiary/aromatic N) is 1. The SMILES string of the molecule is COc1cc(/C=C/CCC/C=C/c2cn(Cc3ccccc3)c3ccccc23)ccc1O. The van der Waals surface area contributed by atoms with Crippen molar-refractivity contribution in [2.45, 2.75) is 25.8 Å². The van der Waals surface area contributed by atoms with Crippen LogP contribution in [0.3, 0.4) is 0 Å². The molecular weight excluding hydrogens is 394 g/mol. The molecule has 32 heavy (non-hydrogen) atoms. The van der Waals surface area contributed by atoms with Gasteiger partial charge in [-0.25, -0.2) is 0 Å². The van der Waals surface area contributed by atoms with Gasteiger partial charge in [0, 0.05) is 23.6 Å². The van der Waals surface area contributed by atoms with Gasteiger partial charge in [-0.05, 0) is 54.2 Å². The average molecular weight is 424 g/mol. The lowest BCUT2D eigenvalue weighted by Gasteiger charge is -2.05. The summed E-state index contributed by atoms with van der Waals surface area (Å²) in [6.45, 7) is 0.877. The molecule has 162 valence electrons. The lowest BCUT2D eigenvalue weighted by Crippen LogP contribution is -1.97. The van der Waals surface area contributed by atoms with Crippen LogP contribution in [0.1, 0.15) is 36.0 Å². The smallest absolute Gasteiger partial charge is 0.161 e. The Morgan fingerprint density at radius 3 is 2.44 bits per heavy atom. The van der Waals surface area contributed by atoms with E-state index in [9.17, 15) is 5.11 Å². The molecule has 0 radical (unpaired) electrons. The zero-order valence-corrected chi connectivity index (χ0v) is 18.4. The largest absolute Gasteiger partial charge is 0.504 e. The second kappa shape index (κ2) is 10.5. The van der Waals surface area contributed by atoms with E-state index in [1.54, 1.807) is 13.2 Å². The van der Waals surface area contributed by atoms with Crippen molar-refractivity contribution >= 4 is 23.1 Å². The molecule has 0 spiro atoms. The van der Waals surface area contributed by atoms with E-state index in [2.05, 4.69) is 89.7 Å². The van der Waals surface area contributed by atoms with Gasteiger partial charge >= 0.3 is 0 Å². The molecule has 0 bridgehead atoms. The van der Waals surface area contributed by atoms with Crippen LogP contribution in [0.25, 0.3) is 23.1 Å². The summed E-state index contributed by atoms with van der Waals surface area (Å²) < 4.78 is 7.49. The van der Waals surface area contributed by atoms with Crippen LogP contribution >= 0.6 is 0 Å². The molecule has 0 fully saturated rings. The number of benzene rings is 3. The zero-order valence-electron chi connectivity index (χ0n) is 18.4. The van der Waals surface area contributed by atoms with Crippen LogP contribution in [-0.4, -0.2) is 16.8 Å². The lowest BCUT2D eigenvalue weighted by molar-refractivity contribution is 0.373. The fourth-order valence-electron chi connectivity index (χ4n) is 3.90. The Kier molecular flexibility index (Phi) is 7.08. The minimum Gasteiger partial charge on any atom is -0.504 e. The van der Waals surface area contributed by atoms with Crippen molar-refractivity contribution < 1.29 is 9.84 Å². The maximum Gasteiger partial charge on any atom is 0.161 e. The van der Waals surface area contributed by atoms with Crippen LogP contribution in [0, 0.1) is 0 Å². The van der Waals surface area contributed by atoms with E-state index < -0.39 is 0 Å². The van der Waals surface area contributed by atoms with Gasteiger partial charge in [0.1, 0.15) is 0 Å². The topological polar surface area (TPSA) is 34.4 Å². The van der Waals surface area contributed by atoms with E-state index >= 15 is 0 Å². The summed E-state index contributed by atoms with van der Waals surface area (Å²) in [5.41, 5.74) is 4.87. The van der Waals surface area contributed by atoms with E-state index in [0.717, 1.165) is 31.4 Å². The van der Waals surface area contributed by atoms with Crippen molar-refractivity contribution in [3.8, 4) is 11.5 Å². The average Bonchev–Trinajstić information content (AvgIpc) is 3.17. The molecule has 0 aliphatic rings. The van der Waals surface area contributed by atoms with Crippen LogP contribution in [0.15, 0.2) is 91.1 Å². The third-order valence-electron chi connectivity index (χ3n) is 5.57. The number of fused-ring (bicyclic) bond motifs is 1. The van der Waals surface area contributed by atoms with Gasteiger partial charge in [-0.15, -0.1) is 0 Å². The van der Waals surface area contributed by atoms with Crippen molar-refractivity contribution in [3.63, 3.8) is 0 Å². The fraction of sp³-hybridized carbons (Fsp3) is 0.172. The van der Waals surface area contributed by atoms with E-state index in [-0.39, 0.29) is 5.75 Å². The monoisotopic (exact) mass is 423 g/mol. The highest BCUT2D eigenvalue weighted by Gasteiger charge is 2.06. The summed E-state index contributed by atoms with van der Waals surface area (Å²) in [5.74, 6) is 0.668. The minimum atomic E-state index is 0.167. The molecule has 0 aliphatic heterocycles. The molecule has 4 rings (SSSR count). The summed E-state index contributed by atoms with van der Waals surface area (Å²) in [4.78, 5) is 0. The first-order chi connectivity index (χ1) is 15.7. The summed E-state index contributed by atoms with van der Waals surface area (Å²) in [7, 11) is 1.56. The second-order valence-corrected chi connectivity index (χ2v) is 7.88. The van der Waals surface area contributed by atoms with Gasteiger partial charge < -0.3 is 14.4 Å². The number of methoxy groups -OCH3 is 1. The molecule has 3 aromatic carbocycles. The molecule has 0 saturated heterocycles. The van der Waals surface area contributed by atoms with E-state index in [1.807, 2.05) is 12.1 Å². The Hall–Kier alpha value is -3.72. The fourth-order valence-corrected chi connectivity index (χ4v) is 3.90. The molecule has 1 N–H and O–H groups in total. The lowest BCUT2D eigenvalue weighted by atomic mass is 10.1. The first kappa shape index (κ1) is 21.5. The van der Waals surface area contributed by atoms with Gasteiger partial charge in [0.15, 0.2) is 11.5 Å². The number of rotatable bonds is 9. The number of phenolic OH excluding ortho intramolecular Hbond substituents is 1. The van der Waals surface area contributed by atoms with Crippen molar-refractivity contribution in [1.29, 1.82) is 0 Å². The Morgan fingerprint density at radius 1 is 0.875 bits per heavy atom. The maximum absolute atomic E-state index is 9.68. The molecule has 0 amide bonds. The number of hydrogen-bond donors (Lipinski definition) is 1. The van der Waals surface area contributed by atoms with Gasteiger partial charge in [-0.2, -0.15) is 0 Å². The van der Waals surface area contributed by atoms with E-state index in [4.69, 9.17) is 4.74 Å². The third kappa shape index (κ3) is 5.30. The molecule has 4 aromatic rings. The number of allylic oxidation sites excluding steroid dienone is 2. The zero-order chi connectivity index (χ0) is 22.2. The molecule has 0 atom stereocenters.